The lowest BCUT2D eigenvalue weighted by molar-refractivity contribution is -0.146. The second kappa shape index (κ2) is 6.13. The van der Waals surface area contributed by atoms with Crippen LogP contribution in [0.5, 0.6) is 5.75 Å². The molecule has 2 N–H and O–H groups in total. The molecule has 1 aliphatic carbocycles. The molecule has 1 spiro atoms. The van der Waals surface area contributed by atoms with Gasteiger partial charge >= 0.3 is 0 Å². The Bertz CT molecular complexity index is 586. The average Bonchev–Trinajstić information content (AvgIpc) is 2.38. The number of hydrogen-bond donors (Lipinski definition) is 2. The summed E-state index contributed by atoms with van der Waals surface area (Å²) in [7, 11) is 0. The van der Waals surface area contributed by atoms with E-state index in [-0.39, 0.29) is 30.1 Å². The maximum absolute atomic E-state index is 12.3. The molecule has 1 aliphatic heterocycles. The number of rotatable bonds is 5. The van der Waals surface area contributed by atoms with Crippen LogP contribution in [0.2, 0.25) is 0 Å². The first-order valence-electron chi connectivity index (χ1n) is 8.32. The lowest BCUT2D eigenvalue weighted by Crippen LogP contribution is -2.63. The number of hydrogen-bond acceptors (Lipinski definition) is 4. The van der Waals surface area contributed by atoms with Crippen molar-refractivity contribution in [3.8, 4) is 5.75 Å². The maximum Gasteiger partial charge on any atom is 0.227 e. The monoisotopic (exact) mass is 318 g/mol. The molecule has 5 nitrogen and oxygen atoms in total. The molecule has 1 aromatic rings. The number of carbonyl (C=O) groups excluding carboxylic acids is 1. The molecule has 1 aromatic carbocycles. The normalized spacial score (nSPS) is 20.2. The summed E-state index contributed by atoms with van der Waals surface area (Å²) in [6.45, 7) is 7.97. The largest absolute Gasteiger partial charge is 0.491 e. The number of benzene rings is 1. The number of nitrogens with zero attached hydrogens (tertiary/aromatic N) is 1. The fraction of sp³-hybridized carbons (Fsp3) is 0.611. The zero-order valence-corrected chi connectivity index (χ0v) is 14.1. The maximum atomic E-state index is 12.3. The van der Waals surface area contributed by atoms with Crippen LogP contribution in [0.4, 0.5) is 5.69 Å². The van der Waals surface area contributed by atoms with Gasteiger partial charge in [0.25, 0.3) is 0 Å². The van der Waals surface area contributed by atoms with E-state index >= 15 is 0 Å². The quantitative estimate of drug-likeness (QED) is 0.875. The molecule has 126 valence electrons. The molecule has 1 heterocycles. The number of aliphatic hydroxyl groups excluding tert-OH is 1. The van der Waals surface area contributed by atoms with E-state index < -0.39 is 0 Å². The Kier molecular flexibility index (Phi) is 4.34. The smallest absolute Gasteiger partial charge is 0.227 e. The van der Waals surface area contributed by atoms with Crippen molar-refractivity contribution in [2.45, 2.75) is 39.7 Å². The van der Waals surface area contributed by atoms with Crippen molar-refractivity contribution in [1.82, 2.24) is 4.90 Å². The predicted molar refractivity (Wildman–Crippen MR) is 89.4 cm³/mol. The van der Waals surface area contributed by atoms with Crippen molar-refractivity contribution in [1.29, 1.82) is 0 Å². The fourth-order valence-corrected chi connectivity index (χ4v) is 3.79. The number of likely N-dealkylation sites (tertiary alicyclic amines) is 1. The summed E-state index contributed by atoms with van der Waals surface area (Å²) >= 11 is 0. The van der Waals surface area contributed by atoms with Gasteiger partial charge in [0.15, 0.2) is 0 Å². The Morgan fingerprint density at radius 1 is 1.43 bits per heavy atom. The summed E-state index contributed by atoms with van der Waals surface area (Å²) in [5.74, 6) is 1.07. The molecule has 0 aromatic heterocycles. The predicted octanol–water partition coefficient (Wildman–Crippen LogP) is 2.38. The molecule has 0 atom stereocenters. The molecule has 1 saturated heterocycles. The number of nitrogens with one attached hydrogen (secondary N) is 1. The minimum atomic E-state index is 0.0998. The number of ether oxygens (including phenoxy) is 1. The highest BCUT2D eigenvalue weighted by Crippen LogP contribution is 2.51. The fourth-order valence-electron chi connectivity index (χ4n) is 3.79. The molecule has 1 saturated carbocycles. The lowest BCUT2D eigenvalue weighted by Gasteiger charge is -2.58. The number of amides is 1. The van der Waals surface area contributed by atoms with Crippen molar-refractivity contribution in [2.75, 3.05) is 25.1 Å². The molecular formula is C18H26N2O3. The van der Waals surface area contributed by atoms with Crippen LogP contribution >= 0.6 is 0 Å². The zero-order chi connectivity index (χ0) is 16.6. The van der Waals surface area contributed by atoms with Crippen LogP contribution in [0.15, 0.2) is 18.2 Å². The highest BCUT2D eigenvalue weighted by molar-refractivity contribution is 5.93. The van der Waals surface area contributed by atoms with Crippen LogP contribution in [0.25, 0.3) is 0 Å². The first kappa shape index (κ1) is 16.3. The second-order valence-electron chi connectivity index (χ2n) is 7.37. The average molecular weight is 318 g/mol. The van der Waals surface area contributed by atoms with Gasteiger partial charge in [0.05, 0.1) is 12.8 Å². The van der Waals surface area contributed by atoms with Gasteiger partial charge in [0.1, 0.15) is 5.75 Å². The van der Waals surface area contributed by atoms with Crippen LogP contribution in [0, 0.1) is 18.3 Å². The topological polar surface area (TPSA) is 61.8 Å². The van der Waals surface area contributed by atoms with Gasteiger partial charge in [0, 0.05) is 24.7 Å². The van der Waals surface area contributed by atoms with Gasteiger partial charge in [-0.1, -0.05) is 0 Å². The summed E-state index contributed by atoms with van der Waals surface area (Å²) in [6.07, 6.45) is 2.01. The van der Waals surface area contributed by atoms with E-state index in [2.05, 4.69) is 5.32 Å². The molecule has 0 bridgehead atoms. The molecule has 5 heteroatoms. The number of aliphatic hydroxyl groups is 1. The molecule has 2 aliphatic rings. The summed E-state index contributed by atoms with van der Waals surface area (Å²) in [4.78, 5) is 14.3. The first-order valence-corrected chi connectivity index (χ1v) is 8.32. The Hall–Kier alpha value is -1.59. The number of anilines is 1. The molecule has 0 unspecified atom stereocenters. The van der Waals surface area contributed by atoms with Crippen molar-refractivity contribution in [3.05, 3.63) is 23.8 Å². The summed E-state index contributed by atoms with van der Waals surface area (Å²) in [5, 5.41) is 12.1. The van der Waals surface area contributed by atoms with Gasteiger partial charge < -0.3 is 15.2 Å². The van der Waals surface area contributed by atoms with E-state index in [4.69, 9.17) is 9.84 Å². The Balaban J connectivity index is 1.52. The van der Waals surface area contributed by atoms with Crippen molar-refractivity contribution in [3.63, 3.8) is 0 Å². The van der Waals surface area contributed by atoms with Gasteiger partial charge in [0.2, 0.25) is 5.91 Å². The third kappa shape index (κ3) is 3.35. The SMILES string of the molecule is Cc1cc(NC(=O)C2CC3(C2)CN(CO)C3)ccc1OC(C)C. The van der Waals surface area contributed by atoms with Gasteiger partial charge in [-0.25, -0.2) is 0 Å². The Morgan fingerprint density at radius 3 is 2.70 bits per heavy atom. The highest BCUT2D eigenvalue weighted by atomic mass is 16.5. The van der Waals surface area contributed by atoms with Gasteiger partial charge in [-0.2, -0.15) is 0 Å². The van der Waals surface area contributed by atoms with Crippen LogP contribution in [0.3, 0.4) is 0 Å². The minimum absolute atomic E-state index is 0.0998. The lowest BCUT2D eigenvalue weighted by atomic mass is 9.57. The molecular weight excluding hydrogens is 292 g/mol. The van der Waals surface area contributed by atoms with Crippen molar-refractivity contribution < 1.29 is 14.6 Å². The first-order chi connectivity index (χ1) is 10.9. The van der Waals surface area contributed by atoms with Crippen LogP contribution < -0.4 is 10.1 Å². The molecule has 2 fully saturated rings. The van der Waals surface area contributed by atoms with Crippen LogP contribution in [-0.4, -0.2) is 41.8 Å². The van der Waals surface area contributed by atoms with Gasteiger partial charge in [-0.15, -0.1) is 0 Å². The zero-order valence-electron chi connectivity index (χ0n) is 14.1. The Morgan fingerprint density at radius 2 is 2.13 bits per heavy atom. The summed E-state index contributed by atoms with van der Waals surface area (Å²) in [6, 6.07) is 5.77. The third-order valence-corrected chi connectivity index (χ3v) is 4.85. The molecule has 23 heavy (non-hydrogen) atoms. The third-order valence-electron chi connectivity index (χ3n) is 4.85. The van der Waals surface area contributed by atoms with E-state index in [1.807, 2.05) is 43.9 Å². The van der Waals surface area contributed by atoms with E-state index in [0.717, 1.165) is 42.9 Å². The second-order valence-corrected chi connectivity index (χ2v) is 7.37. The van der Waals surface area contributed by atoms with Crippen LogP contribution in [-0.2, 0) is 4.79 Å². The highest BCUT2D eigenvalue weighted by Gasteiger charge is 2.53. The van der Waals surface area contributed by atoms with Gasteiger partial charge in [-0.05, 0) is 62.8 Å². The standard InChI is InChI=1S/C18H26N2O3/c1-12(2)23-16-5-4-15(6-13(16)3)19-17(22)14-7-18(8-14)9-20(10-18)11-21/h4-6,12,14,21H,7-11H2,1-3H3,(H,19,22). The van der Waals surface area contributed by atoms with E-state index in [9.17, 15) is 4.79 Å². The number of carbonyl (C=O) groups is 1. The summed E-state index contributed by atoms with van der Waals surface area (Å²) in [5.41, 5.74) is 2.14. The Labute approximate surface area is 137 Å². The molecule has 3 rings (SSSR count). The minimum Gasteiger partial charge on any atom is -0.491 e. The van der Waals surface area contributed by atoms with Crippen LogP contribution in [0.1, 0.15) is 32.3 Å². The van der Waals surface area contributed by atoms with Gasteiger partial charge in [-0.3, -0.25) is 9.69 Å². The molecule has 1 amide bonds. The van der Waals surface area contributed by atoms with E-state index in [1.54, 1.807) is 0 Å². The molecule has 0 radical (unpaired) electrons. The van der Waals surface area contributed by atoms with E-state index in [0.29, 0.717) is 0 Å². The van der Waals surface area contributed by atoms with Crippen molar-refractivity contribution in [2.24, 2.45) is 11.3 Å². The number of aryl methyl sites for hydroxylation is 1. The van der Waals surface area contributed by atoms with Crippen molar-refractivity contribution >= 4 is 11.6 Å². The summed E-state index contributed by atoms with van der Waals surface area (Å²) < 4.78 is 5.72. The van der Waals surface area contributed by atoms with E-state index in [1.165, 1.54) is 0 Å².